The number of rotatable bonds is 1. The molecular weight excluding hydrogens is 262 g/mol. The maximum absolute atomic E-state index is 12.0. The van der Waals surface area contributed by atoms with Crippen molar-refractivity contribution in [2.24, 2.45) is 5.73 Å². The van der Waals surface area contributed by atoms with E-state index in [-0.39, 0.29) is 0 Å². The van der Waals surface area contributed by atoms with Gasteiger partial charge in [0.25, 0.3) is 5.91 Å². The third-order valence-corrected chi connectivity index (χ3v) is 2.57. The largest absolute Gasteiger partial charge is 0.534 e. The van der Waals surface area contributed by atoms with Gasteiger partial charge in [0.1, 0.15) is 11.3 Å². The van der Waals surface area contributed by atoms with Crippen LogP contribution in [0.2, 0.25) is 0 Å². The van der Waals surface area contributed by atoms with Gasteiger partial charge in [-0.15, -0.1) is 5.06 Å². The maximum Gasteiger partial charge on any atom is 0.534 e. The number of anilines is 1. The van der Waals surface area contributed by atoms with E-state index in [9.17, 15) is 9.59 Å². The molecule has 2 rings (SSSR count). The number of hydrogen-bond acceptors (Lipinski definition) is 6. The van der Waals surface area contributed by atoms with E-state index < -0.39 is 23.7 Å². The second kappa shape index (κ2) is 5.09. The molecule has 1 aliphatic heterocycles. The number of carbonyl (C=O) groups is 2. The van der Waals surface area contributed by atoms with Crippen LogP contribution in [0.15, 0.2) is 18.3 Å². The van der Waals surface area contributed by atoms with Crippen LogP contribution >= 0.6 is 0 Å². The van der Waals surface area contributed by atoms with Crippen LogP contribution in [0.5, 0.6) is 0 Å². The summed E-state index contributed by atoms with van der Waals surface area (Å²) >= 11 is 0. The lowest BCUT2D eigenvalue weighted by Gasteiger charge is -2.30. The first kappa shape index (κ1) is 14.3. The third kappa shape index (κ3) is 3.05. The number of carbonyl (C=O) groups excluding carboxylic acids is 2. The van der Waals surface area contributed by atoms with Gasteiger partial charge in [-0.2, -0.15) is 0 Å². The molecule has 20 heavy (non-hydrogen) atoms. The molecule has 108 valence electrons. The van der Waals surface area contributed by atoms with E-state index in [0.717, 1.165) is 5.06 Å². The van der Waals surface area contributed by atoms with Crippen molar-refractivity contribution in [3.63, 3.8) is 0 Å². The lowest BCUT2D eigenvalue weighted by Crippen LogP contribution is -2.50. The van der Waals surface area contributed by atoms with Crippen LogP contribution in [-0.4, -0.2) is 28.7 Å². The number of nitrogens with zero attached hydrogens (tertiary/aromatic N) is 2. The monoisotopic (exact) mass is 279 g/mol. The van der Waals surface area contributed by atoms with Gasteiger partial charge < -0.3 is 10.5 Å². The van der Waals surface area contributed by atoms with E-state index in [4.69, 9.17) is 15.3 Å². The summed E-state index contributed by atoms with van der Waals surface area (Å²) in [5.74, 6) is -0.503. The van der Waals surface area contributed by atoms with Crippen molar-refractivity contribution in [2.45, 2.75) is 38.8 Å². The van der Waals surface area contributed by atoms with Crippen molar-refractivity contribution >= 4 is 17.7 Å². The molecule has 1 aliphatic rings. The van der Waals surface area contributed by atoms with Crippen molar-refractivity contribution in [1.29, 1.82) is 0 Å². The van der Waals surface area contributed by atoms with E-state index in [1.807, 2.05) is 0 Å². The molecule has 1 unspecified atom stereocenters. The lowest BCUT2D eigenvalue weighted by atomic mass is 10.0. The van der Waals surface area contributed by atoms with Crippen molar-refractivity contribution < 1.29 is 19.2 Å². The summed E-state index contributed by atoms with van der Waals surface area (Å²) in [5, 5.41) is 0.852. The molecule has 0 aromatic carbocycles. The molecule has 1 aromatic heterocycles. The standard InChI is InChI=1S/C13H17N3O4/c1-13(2,3)19-12(18)20-16-10-5-4-6-15-9(10)7-8(14)11(16)17/h4-6,8H,7,14H2,1-3H3. The Morgan fingerprint density at radius 1 is 1.50 bits per heavy atom. The number of amides is 1. The van der Waals surface area contributed by atoms with Gasteiger partial charge >= 0.3 is 6.16 Å². The smallest absolute Gasteiger partial charge is 0.427 e. The normalized spacial score (nSPS) is 18.5. The molecule has 0 radical (unpaired) electrons. The zero-order valence-corrected chi connectivity index (χ0v) is 11.6. The van der Waals surface area contributed by atoms with Gasteiger partial charge in [-0.1, -0.05) is 0 Å². The summed E-state index contributed by atoms with van der Waals surface area (Å²) in [6.07, 6.45) is 0.936. The lowest BCUT2D eigenvalue weighted by molar-refractivity contribution is -0.127. The highest BCUT2D eigenvalue weighted by Gasteiger charge is 2.35. The zero-order chi connectivity index (χ0) is 14.9. The van der Waals surface area contributed by atoms with Crippen molar-refractivity contribution in [3.8, 4) is 0 Å². The Bertz CT molecular complexity index is 539. The van der Waals surface area contributed by atoms with E-state index in [0.29, 0.717) is 17.8 Å². The van der Waals surface area contributed by atoms with Gasteiger partial charge in [-0.3, -0.25) is 14.6 Å². The van der Waals surface area contributed by atoms with Crippen molar-refractivity contribution in [3.05, 3.63) is 24.0 Å². The predicted molar refractivity (Wildman–Crippen MR) is 70.7 cm³/mol. The second-order valence-corrected chi connectivity index (χ2v) is 5.47. The number of ether oxygens (including phenoxy) is 1. The van der Waals surface area contributed by atoms with Crippen molar-refractivity contribution in [1.82, 2.24) is 4.98 Å². The van der Waals surface area contributed by atoms with Gasteiger partial charge in [0.2, 0.25) is 0 Å². The number of nitrogens with two attached hydrogens (primary N) is 1. The fraction of sp³-hybridized carbons (Fsp3) is 0.462. The molecule has 0 saturated carbocycles. The summed E-state index contributed by atoms with van der Waals surface area (Å²) < 4.78 is 5.02. The van der Waals surface area contributed by atoms with Crippen LogP contribution in [0.25, 0.3) is 0 Å². The first-order chi connectivity index (χ1) is 9.28. The highest BCUT2D eigenvalue weighted by atomic mass is 16.8. The molecular formula is C13H17N3O4. The van der Waals surface area contributed by atoms with Crippen LogP contribution in [0.4, 0.5) is 10.5 Å². The maximum atomic E-state index is 12.0. The summed E-state index contributed by atoms with van der Waals surface area (Å²) in [6, 6.07) is 2.49. The zero-order valence-electron chi connectivity index (χ0n) is 11.6. The number of fused-ring (bicyclic) bond motifs is 1. The van der Waals surface area contributed by atoms with Crippen molar-refractivity contribution in [2.75, 3.05) is 5.06 Å². The minimum atomic E-state index is -0.963. The molecule has 0 spiro atoms. The van der Waals surface area contributed by atoms with Gasteiger partial charge in [-0.25, -0.2) is 4.79 Å². The summed E-state index contributed by atoms with van der Waals surface area (Å²) in [6.45, 7) is 5.11. The SMILES string of the molecule is CC(C)(C)OC(=O)ON1C(=O)C(N)Cc2ncccc21. The molecule has 2 N–H and O–H groups in total. The number of pyridine rings is 1. The van der Waals surface area contributed by atoms with E-state index in [2.05, 4.69) is 4.98 Å². The molecule has 0 saturated heterocycles. The Hall–Kier alpha value is -2.15. The Balaban J connectivity index is 2.22. The third-order valence-electron chi connectivity index (χ3n) is 2.57. The fourth-order valence-electron chi connectivity index (χ4n) is 1.77. The summed E-state index contributed by atoms with van der Waals surface area (Å²) in [7, 11) is 0. The molecule has 7 heteroatoms. The van der Waals surface area contributed by atoms with E-state index in [1.54, 1.807) is 39.1 Å². The predicted octanol–water partition coefficient (Wildman–Crippen LogP) is 1.16. The first-order valence-corrected chi connectivity index (χ1v) is 6.22. The molecule has 0 fully saturated rings. The first-order valence-electron chi connectivity index (χ1n) is 6.22. The molecule has 1 amide bonds. The average Bonchev–Trinajstić information content (AvgIpc) is 2.32. The Morgan fingerprint density at radius 3 is 2.85 bits per heavy atom. The number of aromatic nitrogens is 1. The Morgan fingerprint density at radius 2 is 2.20 bits per heavy atom. The fourth-order valence-corrected chi connectivity index (χ4v) is 1.77. The number of hydroxylamine groups is 1. The van der Waals surface area contributed by atoms with Crippen LogP contribution in [0, 0.1) is 0 Å². The van der Waals surface area contributed by atoms with Crippen LogP contribution < -0.4 is 10.8 Å². The molecule has 1 atom stereocenters. The molecule has 2 heterocycles. The highest BCUT2D eigenvalue weighted by Crippen LogP contribution is 2.26. The minimum Gasteiger partial charge on any atom is -0.427 e. The molecule has 0 bridgehead atoms. The van der Waals surface area contributed by atoms with Crippen LogP contribution in [-0.2, 0) is 20.8 Å². The van der Waals surface area contributed by atoms with Gasteiger partial charge in [-0.05, 0) is 32.9 Å². The van der Waals surface area contributed by atoms with E-state index in [1.165, 1.54) is 0 Å². The Kier molecular flexibility index (Phi) is 3.63. The Labute approximate surface area is 116 Å². The molecule has 0 aliphatic carbocycles. The average molecular weight is 279 g/mol. The highest BCUT2D eigenvalue weighted by molar-refractivity contribution is 5.99. The summed E-state index contributed by atoms with van der Waals surface area (Å²) in [5.41, 5.74) is 6.02. The van der Waals surface area contributed by atoms with Crippen LogP contribution in [0.3, 0.4) is 0 Å². The van der Waals surface area contributed by atoms with Crippen LogP contribution in [0.1, 0.15) is 26.5 Å². The molecule has 1 aromatic rings. The van der Waals surface area contributed by atoms with Gasteiger partial charge in [0, 0.05) is 12.6 Å². The summed E-state index contributed by atoms with van der Waals surface area (Å²) in [4.78, 5) is 32.8. The quantitative estimate of drug-likeness (QED) is 0.775. The second-order valence-electron chi connectivity index (χ2n) is 5.47. The van der Waals surface area contributed by atoms with Gasteiger partial charge in [0.05, 0.1) is 11.7 Å². The minimum absolute atomic E-state index is 0.309. The van der Waals surface area contributed by atoms with E-state index >= 15 is 0 Å². The van der Waals surface area contributed by atoms with Gasteiger partial charge in [0.15, 0.2) is 0 Å². The molecule has 7 nitrogen and oxygen atoms in total. The topological polar surface area (TPSA) is 94.8 Å². The number of hydrogen-bond donors (Lipinski definition) is 1.